The molecule has 0 aromatic heterocycles. The van der Waals surface area contributed by atoms with Gasteiger partial charge in [-0.3, -0.25) is 0 Å². The molecule has 0 aliphatic rings. The molecule has 10 N–H and O–H groups in total. The molecule has 0 aliphatic carbocycles. The van der Waals surface area contributed by atoms with Gasteiger partial charge in [-0.25, -0.2) is 4.57 Å². The summed E-state index contributed by atoms with van der Waals surface area (Å²) >= 11 is 0. The maximum Gasteiger partial charge on any atom is 0.466 e. The first-order valence-corrected chi connectivity index (χ1v) is 6.73. The maximum atomic E-state index is 8.88. The van der Waals surface area contributed by atoms with Gasteiger partial charge in [0.1, 0.15) is 0 Å². The summed E-state index contributed by atoms with van der Waals surface area (Å²) in [5.74, 6) is 0. The second-order valence-corrected chi connectivity index (χ2v) is 4.45. The fourth-order valence-electron chi connectivity index (χ4n) is 0.485. The summed E-state index contributed by atoms with van der Waals surface area (Å²) in [7, 11) is -4.64. The van der Waals surface area contributed by atoms with Gasteiger partial charge in [0.25, 0.3) is 0 Å². The van der Waals surface area contributed by atoms with E-state index in [2.05, 4.69) is 0 Å². The molecule has 0 aromatic rings. The lowest BCUT2D eigenvalue weighted by atomic mass is 9.88. The molecule has 9 nitrogen and oxygen atoms in total. The number of hydrogen-bond donors (Lipinski definition) is 8. The Morgan fingerprint density at radius 2 is 1.17 bits per heavy atom. The van der Waals surface area contributed by atoms with Gasteiger partial charge in [0.2, 0.25) is 0 Å². The molecule has 0 amide bonds. The number of aliphatic hydroxyl groups excluding tert-OH is 3. The van der Waals surface area contributed by atoms with Crippen molar-refractivity contribution in [1.29, 1.82) is 0 Å². The molecular weight excluding hydrogens is 267 g/mol. The number of phosphoric acid groups is 1. The molecule has 0 fully saturated rings. The molecule has 18 heavy (non-hydrogen) atoms. The minimum absolute atomic E-state index is 0.156. The Morgan fingerprint density at radius 1 is 0.944 bits per heavy atom. The third-order valence-electron chi connectivity index (χ3n) is 1.92. The molecule has 0 rings (SSSR count). The highest BCUT2D eigenvalue weighted by molar-refractivity contribution is 7.45. The smallest absolute Gasteiger partial charge is 0.396 e. The molecule has 0 heterocycles. The van der Waals surface area contributed by atoms with Gasteiger partial charge >= 0.3 is 7.82 Å². The number of nitrogens with two attached hydrogens (primary N) is 2. The van der Waals surface area contributed by atoms with Gasteiger partial charge in [-0.05, 0) is 6.42 Å². The third-order valence-corrected chi connectivity index (χ3v) is 1.92. The second-order valence-electron chi connectivity index (χ2n) is 3.42. The first-order chi connectivity index (χ1) is 8.16. The van der Waals surface area contributed by atoms with E-state index < -0.39 is 13.2 Å². The van der Waals surface area contributed by atoms with E-state index in [9.17, 15) is 0 Å². The van der Waals surface area contributed by atoms with E-state index in [1.165, 1.54) is 0 Å². The minimum Gasteiger partial charge on any atom is -0.396 e. The Hall–Kier alpha value is -0.0900. The minimum atomic E-state index is -4.64. The molecule has 114 valence electrons. The van der Waals surface area contributed by atoms with Crippen molar-refractivity contribution in [2.45, 2.75) is 13.3 Å². The monoisotopic (exact) mass is 292 g/mol. The number of hydrogen-bond acceptors (Lipinski definition) is 6. The van der Waals surface area contributed by atoms with Crippen LogP contribution in [0.5, 0.6) is 0 Å². The maximum absolute atomic E-state index is 8.88. The lowest BCUT2D eigenvalue weighted by molar-refractivity contribution is 0.00304. The van der Waals surface area contributed by atoms with Crippen molar-refractivity contribution in [2.24, 2.45) is 16.9 Å². The number of aliphatic hydroxyl groups is 3. The third kappa shape index (κ3) is 21.2. The summed E-state index contributed by atoms with van der Waals surface area (Å²) in [5.41, 5.74) is 9.14. The molecule has 0 unspecified atom stereocenters. The van der Waals surface area contributed by atoms with Crippen LogP contribution < -0.4 is 11.5 Å². The van der Waals surface area contributed by atoms with E-state index in [0.29, 0.717) is 19.5 Å². The Bertz CT molecular complexity index is 180. The quantitative estimate of drug-likeness (QED) is 0.250. The zero-order valence-corrected chi connectivity index (χ0v) is 11.3. The summed E-state index contributed by atoms with van der Waals surface area (Å²) in [6, 6.07) is 0. The van der Waals surface area contributed by atoms with Crippen molar-refractivity contribution in [3.63, 3.8) is 0 Å². The first-order valence-electron chi connectivity index (χ1n) is 5.17. The molecule has 0 saturated carbocycles. The molecular formula is C8H25N2O7P. The van der Waals surface area contributed by atoms with Crippen molar-refractivity contribution >= 4 is 7.82 Å². The van der Waals surface area contributed by atoms with Crippen molar-refractivity contribution in [3.05, 3.63) is 0 Å². The summed E-state index contributed by atoms with van der Waals surface area (Å²) < 4.78 is 8.88. The van der Waals surface area contributed by atoms with Gasteiger partial charge in [-0.2, -0.15) is 0 Å². The van der Waals surface area contributed by atoms with Crippen LogP contribution in [0.1, 0.15) is 13.3 Å². The predicted octanol–water partition coefficient (Wildman–Crippen LogP) is -2.67. The Labute approximate surface area is 106 Å². The average molecular weight is 292 g/mol. The van der Waals surface area contributed by atoms with E-state index in [1.54, 1.807) is 0 Å². The van der Waals surface area contributed by atoms with Crippen molar-refractivity contribution in [2.75, 3.05) is 32.9 Å². The van der Waals surface area contributed by atoms with Crippen LogP contribution in [-0.4, -0.2) is 62.9 Å². The number of rotatable bonds is 5. The van der Waals surface area contributed by atoms with Crippen LogP contribution in [0, 0.1) is 5.41 Å². The molecule has 10 heteroatoms. The van der Waals surface area contributed by atoms with Crippen LogP contribution >= 0.6 is 7.82 Å². The lowest BCUT2D eigenvalue weighted by Crippen LogP contribution is -2.32. The summed E-state index contributed by atoms with van der Waals surface area (Å²) in [5, 5.41) is 26.0. The summed E-state index contributed by atoms with van der Waals surface area (Å²) in [4.78, 5) is 21.6. The van der Waals surface area contributed by atoms with Crippen LogP contribution in [0.25, 0.3) is 0 Å². The lowest BCUT2D eigenvalue weighted by Gasteiger charge is -2.24. The largest absolute Gasteiger partial charge is 0.466 e. The van der Waals surface area contributed by atoms with E-state index in [4.69, 9.17) is 46.0 Å². The predicted molar refractivity (Wildman–Crippen MR) is 66.4 cm³/mol. The van der Waals surface area contributed by atoms with E-state index in [-0.39, 0.29) is 19.8 Å². The summed E-state index contributed by atoms with van der Waals surface area (Å²) in [6.45, 7) is 2.55. The van der Waals surface area contributed by atoms with Gasteiger partial charge in [0.15, 0.2) is 0 Å². The van der Waals surface area contributed by atoms with Gasteiger partial charge in [0.05, 0.1) is 19.8 Å². The molecule has 0 spiro atoms. The van der Waals surface area contributed by atoms with Crippen LogP contribution in [0.3, 0.4) is 0 Å². The highest BCUT2D eigenvalue weighted by Crippen LogP contribution is 2.25. The SMILES string of the molecule is CCC(CO)(CO)CO.NCCN.O=P(O)(O)O. The zero-order valence-electron chi connectivity index (χ0n) is 10.4. The van der Waals surface area contributed by atoms with Crippen molar-refractivity contribution < 1.29 is 34.6 Å². The Balaban J connectivity index is -0.000000212. The molecule has 0 aliphatic heterocycles. The van der Waals surface area contributed by atoms with Crippen LogP contribution in [-0.2, 0) is 4.57 Å². The fraction of sp³-hybridized carbons (Fsp3) is 1.00. The van der Waals surface area contributed by atoms with E-state index in [1.807, 2.05) is 6.92 Å². The Morgan fingerprint density at radius 3 is 1.17 bits per heavy atom. The zero-order chi connectivity index (χ0) is 15.2. The molecule has 0 atom stereocenters. The molecule has 0 radical (unpaired) electrons. The normalized spacial score (nSPS) is 10.9. The van der Waals surface area contributed by atoms with Gasteiger partial charge in [-0.1, -0.05) is 6.92 Å². The topological polar surface area (TPSA) is 190 Å². The van der Waals surface area contributed by atoms with Gasteiger partial charge < -0.3 is 41.5 Å². The average Bonchev–Trinajstić information content (AvgIpc) is 2.31. The van der Waals surface area contributed by atoms with Crippen LogP contribution in [0.15, 0.2) is 0 Å². The van der Waals surface area contributed by atoms with E-state index >= 15 is 0 Å². The van der Waals surface area contributed by atoms with Crippen molar-refractivity contribution in [1.82, 2.24) is 0 Å². The standard InChI is InChI=1S/C6H14O3.C2H8N2.H3O4P/c1-2-6(3-7,4-8)5-9;3-1-2-4;1-5(2,3)4/h7-9H,2-5H2,1H3;1-4H2;(H3,1,2,3,4). The van der Waals surface area contributed by atoms with Crippen molar-refractivity contribution in [3.8, 4) is 0 Å². The highest BCUT2D eigenvalue weighted by Gasteiger charge is 2.24. The first kappa shape index (κ1) is 23.0. The van der Waals surface area contributed by atoms with E-state index in [0.717, 1.165) is 0 Å². The molecule has 0 bridgehead atoms. The Kier molecular flexibility index (Phi) is 17.1. The van der Waals surface area contributed by atoms with Gasteiger partial charge in [0, 0.05) is 18.5 Å². The van der Waals surface area contributed by atoms with Crippen LogP contribution in [0.4, 0.5) is 0 Å². The molecule has 0 aromatic carbocycles. The summed E-state index contributed by atoms with van der Waals surface area (Å²) in [6.07, 6.45) is 0.594. The highest BCUT2D eigenvalue weighted by atomic mass is 31.2. The van der Waals surface area contributed by atoms with Gasteiger partial charge in [-0.15, -0.1) is 0 Å². The molecule has 0 saturated heterocycles. The second kappa shape index (κ2) is 13.3. The van der Waals surface area contributed by atoms with Crippen LogP contribution in [0.2, 0.25) is 0 Å². The fourth-order valence-corrected chi connectivity index (χ4v) is 0.485.